The Balaban J connectivity index is 2.05. The molecule has 1 aliphatic carbocycles. The van der Waals surface area contributed by atoms with E-state index in [2.05, 4.69) is 28.4 Å². The summed E-state index contributed by atoms with van der Waals surface area (Å²) in [5.41, 5.74) is 1.88. The highest BCUT2D eigenvalue weighted by Gasteiger charge is 2.30. The molecule has 0 unspecified atom stereocenters. The van der Waals surface area contributed by atoms with Crippen LogP contribution < -0.4 is 0 Å². The van der Waals surface area contributed by atoms with E-state index in [-0.39, 0.29) is 0 Å². The lowest BCUT2D eigenvalue weighted by Crippen LogP contribution is -2.23. The van der Waals surface area contributed by atoms with Gasteiger partial charge in [0.05, 0.1) is 11.1 Å². The van der Waals surface area contributed by atoms with Gasteiger partial charge in [0.2, 0.25) is 0 Å². The third-order valence-corrected chi connectivity index (χ3v) is 4.23. The fraction of sp³-hybridized carbons (Fsp3) is 0.500. The van der Waals surface area contributed by atoms with Crippen LogP contribution in [0, 0.1) is 0 Å². The van der Waals surface area contributed by atoms with Crippen molar-refractivity contribution in [1.29, 1.82) is 0 Å². The number of carbonyl (C=O) groups is 1. The maximum absolute atomic E-state index is 11.4. The quantitative estimate of drug-likeness (QED) is 0.887. The Morgan fingerprint density at radius 3 is 2.86 bits per heavy atom. The van der Waals surface area contributed by atoms with Gasteiger partial charge in [-0.3, -0.25) is 0 Å². The van der Waals surface area contributed by atoms with E-state index in [9.17, 15) is 9.90 Å². The van der Waals surface area contributed by atoms with Crippen molar-refractivity contribution in [2.75, 3.05) is 20.1 Å². The van der Waals surface area contributed by atoms with Crippen LogP contribution in [0.1, 0.15) is 41.9 Å². The molecule has 1 N–H and O–H groups in total. The second kappa shape index (κ2) is 5.48. The van der Waals surface area contributed by atoms with Crippen LogP contribution in [0.5, 0.6) is 0 Å². The largest absolute Gasteiger partial charge is 0.478 e. The minimum Gasteiger partial charge on any atom is -0.478 e. The average Bonchev–Trinajstić information content (AvgIpc) is 3.25. The Hall–Kier alpha value is -1.88. The number of aromatic carboxylic acids is 1. The number of imidazole rings is 1. The number of fused-ring (bicyclic) bond motifs is 1. The van der Waals surface area contributed by atoms with Crippen molar-refractivity contribution in [2.45, 2.75) is 32.2 Å². The molecule has 0 bridgehead atoms. The average molecular weight is 287 g/mol. The van der Waals surface area contributed by atoms with Gasteiger partial charge in [-0.1, -0.05) is 13.0 Å². The SMILES string of the molecule is CCN(C)CCn1c(C2CC2)nc2c(C(=O)O)cccc21. The molecule has 1 aliphatic rings. The second-order valence-electron chi connectivity index (χ2n) is 5.77. The second-order valence-corrected chi connectivity index (χ2v) is 5.77. The Labute approximate surface area is 124 Å². The Morgan fingerprint density at radius 2 is 2.24 bits per heavy atom. The van der Waals surface area contributed by atoms with Crippen LogP contribution in [0.4, 0.5) is 0 Å². The molecule has 3 rings (SSSR count). The third-order valence-electron chi connectivity index (χ3n) is 4.23. The molecule has 0 radical (unpaired) electrons. The zero-order chi connectivity index (χ0) is 15.0. The molecule has 0 saturated heterocycles. The molecule has 1 fully saturated rings. The lowest BCUT2D eigenvalue weighted by Gasteiger charge is -2.16. The fourth-order valence-electron chi connectivity index (χ4n) is 2.65. The smallest absolute Gasteiger partial charge is 0.337 e. The summed E-state index contributed by atoms with van der Waals surface area (Å²) >= 11 is 0. The molecule has 2 aromatic rings. The summed E-state index contributed by atoms with van der Waals surface area (Å²) in [4.78, 5) is 18.3. The first kappa shape index (κ1) is 14.1. The first-order chi connectivity index (χ1) is 10.1. The molecule has 0 amide bonds. The molecule has 0 spiro atoms. The molecule has 1 aromatic carbocycles. The molecule has 1 aromatic heterocycles. The van der Waals surface area contributed by atoms with Crippen LogP contribution in [0.2, 0.25) is 0 Å². The monoisotopic (exact) mass is 287 g/mol. The zero-order valence-corrected chi connectivity index (χ0v) is 12.5. The molecule has 0 atom stereocenters. The van der Waals surface area contributed by atoms with Gasteiger partial charge >= 0.3 is 5.97 Å². The third kappa shape index (κ3) is 2.65. The molecule has 1 heterocycles. The molecule has 21 heavy (non-hydrogen) atoms. The summed E-state index contributed by atoms with van der Waals surface area (Å²) in [6, 6.07) is 5.42. The number of para-hydroxylation sites is 1. The first-order valence-corrected chi connectivity index (χ1v) is 7.52. The van der Waals surface area contributed by atoms with E-state index < -0.39 is 5.97 Å². The van der Waals surface area contributed by atoms with Crippen molar-refractivity contribution in [3.63, 3.8) is 0 Å². The highest BCUT2D eigenvalue weighted by atomic mass is 16.4. The predicted molar refractivity (Wildman–Crippen MR) is 81.8 cm³/mol. The van der Waals surface area contributed by atoms with Gasteiger partial charge in [0, 0.05) is 19.0 Å². The minimum atomic E-state index is -0.904. The highest BCUT2D eigenvalue weighted by molar-refractivity contribution is 6.01. The van der Waals surface area contributed by atoms with E-state index in [4.69, 9.17) is 0 Å². The lowest BCUT2D eigenvalue weighted by molar-refractivity contribution is 0.0699. The van der Waals surface area contributed by atoms with E-state index in [1.165, 1.54) is 0 Å². The van der Waals surface area contributed by atoms with E-state index in [0.29, 0.717) is 17.0 Å². The van der Waals surface area contributed by atoms with Crippen LogP contribution in [0.3, 0.4) is 0 Å². The van der Waals surface area contributed by atoms with E-state index in [1.807, 2.05) is 12.1 Å². The van der Waals surface area contributed by atoms with Crippen molar-refractivity contribution in [3.8, 4) is 0 Å². The number of carboxylic acid groups (broad SMARTS) is 1. The standard InChI is InChI=1S/C16H21N3O2/c1-3-18(2)9-10-19-13-6-4-5-12(16(20)21)14(13)17-15(19)11-7-8-11/h4-6,11H,3,7-10H2,1-2H3,(H,20,21). The van der Waals surface area contributed by atoms with E-state index >= 15 is 0 Å². The van der Waals surface area contributed by atoms with Crippen molar-refractivity contribution >= 4 is 17.0 Å². The normalized spacial score (nSPS) is 15.0. The molecular formula is C16H21N3O2. The number of carboxylic acids is 1. The number of rotatable bonds is 6. The molecule has 0 aliphatic heterocycles. The van der Waals surface area contributed by atoms with Gasteiger partial charge in [0.1, 0.15) is 11.3 Å². The molecule has 5 heteroatoms. The Morgan fingerprint density at radius 1 is 1.48 bits per heavy atom. The maximum Gasteiger partial charge on any atom is 0.337 e. The van der Waals surface area contributed by atoms with Crippen LogP contribution in [-0.4, -0.2) is 45.7 Å². The number of hydrogen-bond acceptors (Lipinski definition) is 3. The van der Waals surface area contributed by atoms with Crippen molar-refractivity contribution < 1.29 is 9.90 Å². The van der Waals surface area contributed by atoms with Gasteiger partial charge in [0.25, 0.3) is 0 Å². The summed E-state index contributed by atoms with van der Waals surface area (Å²) in [6.07, 6.45) is 2.32. The van der Waals surface area contributed by atoms with Crippen LogP contribution in [0.15, 0.2) is 18.2 Å². The fourth-order valence-corrected chi connectivity index (χ4v) is 2.65. The summed E-state index contributed by atoms with van der Waals surface area (Å²) in [5.74, 6) is 0.660. The van der Waals surface area contributed by atoms with Crippen molar-refractivity contribution in [3.05, 3.63) is 29.6 Å². The highest BCUT2D eigenvalue weighted by Crippen LogP contribution is 2.41. The minimum absolute atomic E-state index is 0.303. The number of aromatic nitrogens is 2. The Bertz CT molecular complexity index is 673. The number of benzene rings is 1. The van der Waals surface area contributed by atoms with Gasteiger partial charge in [0.15, 0.2) is 0 Å². The van der Waals surface area contributed by atoms with E-state index in [1.54, 1.807) is 6.07 Å². The van der Waals surface area contributed by atoms with Crippen molar-refractivity contribution in [2.24, 2.45) is 0 Å². The lowest BCUT2D eigenvalue weighted by atomic mass is 10.2. The van der Waals surface area contributed by atoms with Gasteiger partial charge < -0.3 is 14.6 Å². The topological polar surface area (TPSA) is 58.4 Å². The number of nitrogens with zero attached hydrogens (tertiary/aromatic N) is 3. The molecule has 5 nitrogen and oxygen atoms in total. The first-order valence-electron chi connectivity index (χ1n) is 7.52. The predicted octanol–water partition coefficient (Wildman–Crippen LogP) is 2.56. The summed E-state index contributed by atoms with van der Waals surface area (Å²) in [5, 5.41) is 9.34. The number of hydrogen-bond donors (Lipinski definition) is 1. The summed E-state index contributed by atoms with van der Waals surface area (Å²) in [7, 11) is 2.10. The van der Waals surface area contributed by atoms with Crippen LogP contribution in [0.25, 0.3) is 11.0 Å². The van der Waals surface area contributed by atoms with Gasteiger partial charge in [-0.05, 0) is 38.6 Å². The molecular weight excluding hydrogens is 266 g/mol. The molecule has 112 valence electrons. The Kier molecular flexibility index (Phi) is 3.68. The zero-order valence-electron chi connectivity index (χ0n) is 12.5. The van der Waals surface area contributed by atoms with Gasteiger partial charge in [-0.15, -0.1) is 0 Å². The van der Waals surface area contributed by atoms with Gasteiger partial charge in [-0.2, -0.15) is 0 Å². The van der Waals surface area contributed by atoms with E-state index in [0.717, 1.165) is 43.8 Å². The maximum atomic E-state index is 11.4. The number of likely N-dealkylation sites (N-methyl/N-ethyl adjacent to an activating group) is 1. The van der Waals surface area contributed by atoms with Gasteiger partial charge in [-0.25, -0.2) is 9.78 Å². The van der Waals surface area contributed by atoms with Crippen LogP contribution in [-0.2, 0) is 6.54 Å². The molecule has 1 saturated carbocycles. The van der Waals surface area contributed by atoms with Crippen molar-refractivity contribution in [1.82, 2.24) is 14.5 Å². The summed E-state index contributed by atoms with van der Waals surface area (Å²) < 4.78 is 2.21. The van der Waals surface area contributed by atoms with Crippen LogP contribution >= 0.6 is 0 Å². The summed E-state index contributed by atoms with van der Waals surface area (Å²) in [6.45, 7) is 4.94.